The van der Waals surface area contributed by atoms with Crippen LogP contribution in [-0.4, -0.2) is 41.5 Å². The number of hydrogen-bond acceptors (Lipinski definition) is 10. The fourth-order valence-corrected chi connectivity index (χ4v) is 3.70. The van der Waals surface area contributed by atoms with E-state index in [0.29, 0.717) is 0 Å². The van der Waals surface area contributed by atoms with E-state index in [1.54, 1.807) is 0 Å². The Morgan fingerprint density at radius 2 is 1.73 bits per heavy atom. The van der Waals surface area contributed by atoms with Crippen LogP contribution in [0.4, 0.5) is 45.1 Å². The summed E-state index contributed by atoms with van der Waals surface area (Å²) in [5.41, 5.74) is -0.585. The van der Waals surface area contributed by atoms with Gasteiger partial charge in [0.05, 0.1) is 6.20 Å². The van der Waals surface area contributed by atoms with E-state index in [-0.39, 0.29) is 33.2 Å². The number of nitrogens with zero attached hydrogens (tertiary/aromatic N) is 3. The van der Waals surface area contributed by atoms with Gasteiger partial charge in [-0.25, -0.2) is 31.8 Å². The fraction of sp³-hybridized carbons (Fsp3) is 0.100. The van der Waals surface area contributed by atoms with Crippen molar-refractivity contribution in [3.63, 3.8) is 0 Å². The number of anilines is 4. The van der Waals surface area contributed by atoms with Crippen molar-refractivity contribution in [1.29, 1.82) is 0 Å². The van der Waals surface area contributed by atoms with Gasteiger partial charge in [0, 0.05) is 17.6 Å². The summed E-state index contributed by atoms with van der Waals surface area (Å²) in [5.74, 6) is -6.74. The molecule has 0 radical (unpaired) electrons. The zero-order valence-corrected chi connectivity index (χ0v) is 18.9. The average molecular weight is 545 g/mol. The molecule has 11 nitrogen and oxygen atoms in total. The number of hydrogen-bond donors (Lipinski definition) is 2. The van der Waals surface area contributed by atoms with Gasteiger partial charge >= 0.3 is 17.9 Å². The molecule has 0 aliphatic carbocycles. The van der Waals surface area contributed by atoms with Crippen molar-refractivity contribution in [3.8, 4) is 0 Å². The van der Waals surface area contributed by atoms with E-state index < -0.39 is 50.1 Å². The molecule has 0 spiro atoms. The number of halogens is 5. The van der Waals surface area contributed by atoms with Crippen molar-refractivity contribution in [2.75, 3.05) is 16.9 Å². The van der Waals surface area contributed by atoms with Gasteiger partial charge in [0.15, 0.2) is 27.1 Å². The van der Waals surface area contributed by atoms with Gasteiger partial charge in [-0.05, 0) is 36.4 Å². The highest BCUT2D eigenvalue weighted by atomic mass is 32.2. The maximum Gasteiger partial charge on any atom is 0.493 e. The SMILES string of the molecule is CS(=O)(=O)c1cc(Nc2ncc(F)c(Nc3ccc4oc(=O)n(OC(=O)C(F)(F)F)c4c3)n2)ccc1F. The lowest BCUT2D eigenvalue weighted by atomic mass is 10.3. The molecule has 4 aromatic rings. The molecule has 4 rings (SSSR count). The van der Waals surface area contributed by atoms with E-state index in [0.717, 1.165) is 36.7 Å². The summed E-state index contributed by atoms with van der Waals surface area (Å²) in [6.45, 7) is 0. The molecule has 0 amide bonds. The molecule has 0 saturated carbocycles. The Labute approximate surface area is 202 Å². The number of sulfone groups is 1. The summed E-state index contributed by atoms with van der Waals surface area (Å²) in [6, 6.07) is 6.50. The Hall–Kier alpha value is -4.54. The van der Waals surface area contributed by atoms with Gasteiger partial charge in [-0.2, -0.15) is 18.2 Å². The van der Waals surface area contributed by atoms with Gasteiger partial charge in [-0.3, -0.25) is 0 Å². The van der Waals surface area contributed by atoms with Crippen LogP contribution in [0.25, 0.3) is 11.1 Å². The highest BCUT2D eigenvalue weighted by Gasteiger charge is 2.42. The Balaban J connectivity index is 1.63. The monoisotopic (exact) mass is 545 g/mol. The third kappa shape index (κ3) is 5.50. The van der Waals surface area contributed by atoms with Gasteiger partial charge in [-0.15, -0.1) is 0 Å². The van der Waals surface area contributed by atoms with Crippen molar-refractivity contribution < 1.29 is 44.4 Å². The van der Waals surface area contributed by atoms with Crippen LogP contribution in [0, 0.1) is 11.6 Å². The van der Waals surface area contributed by atoms with Crippen LogP contribution in [0.3, 0.4) is 0 Å². The van der Waals surface area contributed by atoms with Crippen LogP contribution < -0.4 is 21.2 Å². The highest BCUT2D eigenvalue weighted by molar-refractivity contribution is 7.90. The van der Waals surface area contributed by atoms with Crippen molar-refractivity contribution in [2.45, 2.75) is 11.1 Å². The number of oxazole rings is 1. The Kier molecular flexibility index (Phi) is 6.32. The molecular formula is C20H12F5N5O6S. The minimum absolute atomic E-state index is 0.0187. The molecule has 0 unspecified atom stereocenters. The van der Waals surface area contributed by atoms with E-state index in [1.807, 2.05) is 0 Å². The molecular weight excluding hydrogens is 533 g/mol. The van der Waals surface area contributed by atoms with E-state index in [1.165, 1.54) is 12.1 Å². The second-order valence-corrected chi connectivity index (χ2v) is 9.26. The average Bonchev–Trinajstić information content (AvgIpc) is 3.10. The summed E-state index contributed by atoms with van der Waals surface area (Å²) in [5, 5.41) is 5.10. The third-order valence-corrected chi connectivity index (χ3v) is 5.65. The van der Waals surface area contributed by atoms with Gasteiger partial charge in [-0.1, -0.05) is 4.73 Å². The first-order valence-corrected chi connectivity index (χ1v) is 11.6. The topological polar surface area (TPSA) is 145 Å². The van der Waals surface area contributed by atoms with Gasteiger partial charge < -0.3 is 19.9 Å². The van der Waals surface area contributed by atoms with Crippen LogP contribution in [0.5, 0.6) is 0 Å². The third-order valence-electron chi connectivity index (χ3n) is 4.54. The molecule has 0 aliphatic rings. The zero-order chi connectivity index (χ0) is 27.1. The second kappa shape index (κ2) is 9.16. The molecule has 0 aliphatic heterocycles. The Morgan fingerprint density at radius 3 is 2.41 bits per heavy atom. The van der Waals surface area contributed by atoms with Crippen molar-refractivity contribution in [3.05, 3.63) is 64.8 Å². The van der Waals surface area contributed by atoms with Crippen LogP contribution in [0.2, 0.25) is 0 Å². The van der Waals surface area contributed by atoms with E-state index in [2.05, 4.69) is 25.4 Å². The first kappa shape index (κ1) is 25.5. The molecule has 2 heterocycles. The van der Waals surface area contributed by atoms with Gasteiger partial charge in [0.25, 0.3) is 0 Å². The minimum Gasteiger partial charge on any atom is -0.405 e. The Bertz CT molecular complexity index is 1700. The Morgan fingerprint density at radius 1 is 1.05 bits per heavy atom. The lowest BCUT2D eigenvalue weighted by molar-refractivity contribution is -0.200. The maximum atomic E-state index is 14.4. The number of fused-ring (bicyclic) bond motifs is 1. The number of carbonyl (C=O) groups is 1. The molecule has 17 heteroatoms. The molecule has 2 aromatic carbocycles. The lowest BCUT2D eigenvalue weighted by Crippen LogP contribution is -2.36. The molecule has 0 saturated heterocycles. The van der Waals surface area contributed by atoms with Crippen LogP contribution in [0.1, 0.15) is 0 Å². The lowest BCUT2D eigenvalue weighted by Gasteiger charge is -2.11. The van der Waals surface area contributed by atoms with Gasteiger partial charge in [0.1, 0.15) is 16.2 Å². The number of nitrogens with one attached hydrogen (secondary N) is 2. The number of alkyl halides is 3. The number of benzene rings is 2. The summed E-state index contributed by atoms with van der Waals surface area (Å²) in [7, 11) is -3.89. The second-order valence-electron chi connectivity index (χ2n) is 7.28. The van der Waals surface area contributed by atoms with Gasteiger partial charge in [0.2, 0.25) is 5.95 Å². The summed E-state index contributed by atoms with van der Waals surface area (Å²) in [4.78, 5) is 34.0. The van der Waals surface area contributed by atoms with Crippen molar-refractivity contribution in [2.24, 2.45) is 0 Å². The first-order valence-electron chi connectivity index (χ1n) is 9.73. The van der Waals surface area contributed by atoms with Crippen LogP contribution in [-0.2, 0) is 14.6 Å². The minimum atomic E-state index is -5.39. The molecule has 2 N–H and O–H groups in total. The molecule has 0 atom stereocenters. The van der Waals surface area contributed by atoms with Crippen LogP contribution in [0.15, 0.2) is 56.7 Å². The number of aromatic nitrogens is 3. The first-order chi connectivity index (χ1) is 17.2. The predicted octanol–water partition coefficient (Wildman–Crippen LogP) is 3.07. The standard InChI is InChI=1S/C20H12F5N5O6S/c1-37(33,34)15-7-10(2-4-11(15)21)28-18-26-8-12(22)16(29-18)27-9-3-5-14-13(6-9)30(19(32)35-14)36-17(31)20(23,24)25/h2-8H,1H3,(H2,26,27,28,29). The van der Waals surface area contributed by atoms with Crippen LogP contribution >= 0.6 is 0 Å². The largest absolute Gasteiger partial charge is 0.493 e. The molecule has 0 bridgehead atoms. The quantitative estimate of drug-likeness (QED) is 0.347. The van der Waals surface area contributed by atoms with Crippen molar-refractivity contribution in [1.82, 2.24) is 14.7 Å². The number of rotatable bonds is 6. The summed E-state index contributed by atoms with van der Waals surface area (Å²) >= 11 is 0. The summed E-state index contributed by atoms with van der Waals surface area (Å²) < 4.78 is 93.9. The molecule has 2 aromatic heterocycles. The maximum absolute atomic E-state index is 14.4. The fourth-order valence-electron chi connectivity index (χ4n) is 2.94. The van der Waals surface area contributed by atoms with E-state index in [9.17, 15) is 40.0 Å². The number of carbonyl (C=O) groups excluding carboxylic acids is 1. The van der Waals surface area contributed by atoms with E-state index >= 15 is 0 Å². The normalized spacial score (nSPS) is 11.9. The zero-order valence-electron chi connectivity index (χ0n) is 18.1. The summed E-state index contributed by atoms with van der Waals surface area (Å²) in [6.07, 6.45) is -3.83. The molecule has 0 fully saturated rings. The molecule has 37 heavy (non-hydrogen) atoms. The predicted molar refractivity (Wildman–Crippen MR) is 116 cm³/mol. The highest BCUT2D eigenvalue weighted by Crippen LogP contribution is 2.25. The smallest absolute Gasteiger partial charge is 0.405 e. The van der Waals surface area contributed by atoms with E-state index in [4.69, 9.17) is 4.42 Å². The van der Waals surface area contributed by atoms with Crippen molar-refractivity contribution >= 4 is 50.0 Å². The molecule has 194 valence electrons.